The third-order valence-corrected chi connectivity index (χ3v) is 8.15. The summed E-state index contributed by atoms with van der Waals surface area (Å²) in [7, 11) is -3.98. The molecule has 1 atom stereocenters. The predicted molar refractivity (Wildman–Crippen MR) is 135 cm³/mol. The number of esters is 1. The van der Waals surface area contributed by atoms with E-state index in [4.69, 9.17) is 9.15 Å². The van der Waals surface area contributed by atoms with Gasteiger partial charge in [0, 0.05) is 17.0 Å². The number of sulfonamides is 1. The highest BCUT2D eigenvalue weighted by Crippen LogP contribution is 2.28. The van der Waals surface area contributed by atoms with E-state index in [0.717, 1.165) is 21.9 Å². The van der Waals surface area contributed by atoms with Crippen LogP contribution in [-0.2, 0) is 26.2 Å². The first-order chi connectivity index (χ1) is 16.5. The zero-order valence-corrected chi connectivity index (χ0v) is 21.1. The smallest absolute Gasteiger partial charge is 0.336 e. The van der Waals surface area contributed by atoms with Gasteiger partial charge in [-0.3, -0.25) is 4.79 Å². The summed E-state index contributed by atoms with van der Waals surface area (Å²) in [5.74, 6) is -0.755. The second kappa shape index (κ2) is 9.28. The van der Waals surface area contributed by atoms with Crippen molar-refractivity contribution >= 4 is 37.7 Å². The van der Waals surface area contributed by atoms with Crippen molar-refractivity contribution in [1.29, 1.82) is 0 Å². The van der Waals surface area contributed by atoms with Gasteiger partial charge in [-0.25, -0.2) is 13.2 Å². The van der Waals surface area contributed by atoms with Crippen LogP contribution < -0.4 is 10.3 Å². The van der Waals surface area contributed by atoms with Gasteiger partial charge in [-0.2, -0.15) is 4.72 Å². The van der Waals surface area contributed by atoms with E-state index < -0.39 is 27.7 Å². The lowest BCUT2D eigenvalue weighted by molar-refractivity contribution is -0.146. The Morgan fingerprint density at radius 2 is 1.66 bits per heavy atom. The minimum Gasteiger partial charge on any atom is -0.460 e. The van der Waals surface area contributed by atoms with E-state index in [1.54, 1.807) is 19.9 Å². The highest BCUT2D eigenvalue weighted by Gasteiger charge is 2.27. The first kappa shape index (κ1) is 24.6. The molecule has 0 spiro atoms. The number of nitrogens with one attached hydrogen (secondary N) is 1. The number of carbonyl (C=O) groups excluding carboxylic acids is 1. The first-order valence-electron chi connectivity index (χ1n) is 11.2. The summed E-state index contributed by atoms with van der Waals surface area (Å²) in [5, 5.41) is 2.47. The molecule has 0 amide bonds. The van der Waals surface area contributed by atoms with E-state index in [-0.39, 0.29) is 11.5 Å². The zero-order valence-electron chi connectivity index (χ0n) is 20.3. The van der Waals surface area contributed by atoms with Crippen molar-refractivity contribution in [1.82, 2.24) is 4.72 Å². The minimum atomic E-state index is -3.98. The molecule has 7 nitrogen and oxygen atoms in total. The standard InChI is InChI=1S/C27H27NO6S/c1-15-12-16(2)18(4)26(17(15)3)35(31,32)28-19(5)27(30)33-14-21-13-24(29)34-23-11-10-20-8-6-7-9-22(20)25(21)23/h6-13,19,28H,14H2,1-5H3/t19-/m0/s1. The van der Waals surface area contributed by atoms with Gasteiger partial charge in [0.15, 0.2) is 0 Å². The van der Waals surface area contributed by atoms with Crippen LogP contribution in [0, 0.1) is 27.7 Å². The number of ether oxygens (including phenoxy) is 1. The lowest BCUT2D eigenvalue weighted by Gasteiger charge is -2.19. The van der Waals surface area contributed by atoms with Crippen LogP contribution >= 0.6 is 0 Å². The van der Waals surface area contributed by atoms with Gasteiger partial charge in [-0.05, 0) is 73.7 Å². The number of hydrogen-bond acceptors (Lipinski definition) is 6. The van der Waals surface area contributed by atoms with Crippen molar-refractivity contribution in [3.63, 3.8) is 0 Å². The molecule has 0 bridgehead atoms. The van der Waals surface area contributed by atoms with Crippen LogP contribution in [0.2, 0.25) is 0 Å². The lowest BCUT2D eigenvalue weighted by atomic mass is 10.0. The number of hydrogen-bond donors (Lipinski definition) is 1. The molecule has 4 rings (SSSR count). The van der Waals surface area contributed by atoms with Crippen molar-refractivity contribution in [2.75, 3.05) is 0 Å². The third kappa shape index (κ3) is 4.72. The maximum absolute atomic E-state index is 13.2. The van der Waals surface area contributed by atoms with Gasteiger partial charge < -0.3 is 9.15 Å². The van der Waals surface area contributed by atoms with Gasteiger partial charge in [0.2, 0.25) is 10.0 Å². The van der Waals surface area contributed by atoms with Crippen LogP contribution in [0.4, 0.5) is 0 Å². The molecular formula is C27H27NO6S. The second-order valence-corrected chi connectivity index (χ2v) is 10.4. The summed E-state index contributed by atoms with van der Waals surface area (Å²) in [5.41, 5.74) is 3.28. The minimum absolute atomic E-state index is 0.174. The Morgan fingerprint density at radius 1 is 1.00 bits per heavy atom. The summed E-state index contributed by atoms with van der Waals surface area (Å²) in [6.07, 6.45) is 0. The zero-order chi connectivity index (χ0) is 25.5. The molecule has 182 valence electrons. The molecule has 4 aromatic rings. The molecule has 8 heteroatoms. The molecule has 0 radical (unpaired) electrons. The number of fused-ring (bicyclic) bond motifs is 3. The predicted octanol–water partition coefficient (Wildman–Crippen LogP) is 4.59. The molecule has 0 saturated heterocycles. The van der Waals surface area contributed by atoms with Crippen LogP contribution in [0.3, 0.4) is 0 Å². The van der Waals surface area contributed by atoms with Crippen molar-refractivity contribution in [3.8, 4) is 0 Å². The van der Waals surface area contributed by atoms with Crippen molar-refractivity contribution in [2.45, 2.75) is 52.2 Å². The third-order valence-electron chi connectivity index (χ3n) is 6.34. The Kier molecular flexibility index (Phi) is 6.53. The Labute approximate surface area is 203 Å². The molecule has 0 fully saturated rings. The molecule has 35 heavy (non-hydrogen) atoms. The van der Waals surface area contributed by atoms with Gasteiger partial charge in [-0.15, -0.1) is 0 Å². The average molecular weight is 494 g/mol. The van der Waals surface area contributed by atoms with E-state index in [9.17, 15) is 18.0 Å². The molecule has 1 N–H and O–H groups in total. The fourth-order valence-corrected chi connectivity index (χ4v) is 6.14. The summed E-state index contributed by atoms with van der Waals surface area (Å²) >= 11 is 0. The molecule has 0 aliphatic carbocycles. The summed E-state index contributed by atoms with van der Waals surface area (Å²) in [6.45, 7) is 8.42. The molecule has 0 saturated carbocycles. The number of benzene rings is 3. The highest BCUT2D eigenvalue weighted by molar-refractivity contribution is 7.89. The van der Waals surface area contributed by atoms with Crippen LogP contribution in [0.5, 0.6) is 0 Å². The molecular weight excluding hydrogens is 466 g/mol. The van der Waals surface area contributed by atoms with Crippen LogP contribution in [0.25, 0.3) is 21.7 Å². The normalized spacial score (nSPS) is 12.7. The molecule has 1 aromatic heterocycles. The Morgan fingerprint density at radius 3 is 2.34 bits per heavy atom. The fourth-order valence-electron chi connectivity index (χ4n) is 4.33. The highest BCUT2D eigenvalue weighted by atomic mass is 32.2. The fraction of sp³-hybridized carbons (Fsp3) is 0.259. The average Bonchev–Trinajstić information content (AvgIpc) is 2.80. The maximum Gasteiger partial charge on any atom is 0.336 e. The van der Waals surface area contributed by atoms with E-state index in [1.165, 1.54) is 13.0 Å². The quantitative estimate of drug-likeness (QED) is 0.239. The second-order valence-electron chi connectivity index (χ2n) is 8.79. The van der Waals surface area contributed by atoms with Crippen molar-refractivity contribution in [2.24, 2.45) is 0 Å². The number of carbonyl (C=O) groups is 1. The van der Waals surface area contributed by atoms with Gasteiger partial charge >= 0.3 is 11.6 Å². The topological polar surface area (TPSA) is 103 Å². The van der Waals surface area contributed by atoms with Crippen LogP contribution in [0.1, 0.15) is 34.7 Å². The van der Waals surface area contributed by atoms with E-state index >= 15 is 0 Å². The van der Waals surface area contributed by atoms with E-state index in [0.29, 0.717) is 27.7 Å². The molecule has 0 aliphatic rings. The Bertz CT molecular complexity index is 1610. The molecule has 1 heterocycles. The van der Waals surface area contributed by atoms with E-state index in [1.807, 2.05) is 50.2 Å². The number of rotatable bonds is 6. The first-order valence-corrected chi connectivity index (χ1v) is 12.7. The number of aryl methyl sites for hydroxylation is 2. The van der Waals surface area contributed by atoms with E-state index in [2.05, 4.69) is 4.72 Å². The molecule has 0 aliphatic heterocycles. The summed E-state index contributed by atoms with van der Waals surface area (Å²) in [4.78, 5) is 25.0. The van der Waals surface area contributed by atoms with Crippen LogP contribution in [0.15, 0.2) is 62.6 Å². The van der Waals surface area contributed by atoms with Gasteiger partial charge in [0.05, 0.1) is 4.90 Å². The summed E-state index contributed by atoms with van der Waals surface area (Å²) in [6, 6.07) is 13.3. The van der Waals surface area contributed by atoms with Crippen molar-refractivity contribution in [3.05, 3.63) is 86.8 Å². The molecule has 0 unspecified atom stereocenters. The van der Waals surface area contributed by atoms with Gasteiger partial charge in [-0.1, -0.05) is 36.4 Å². The molecule has 3 aromatic carbocycles. The van der Waals surface area contributed by atoms with Gasteiger partial charge in [0.1, 0.15) is 18.2 Å². The Balaban J connectivity index is 1.59. The van der Waals surface area contributed by atoms with Crippen LogP contribution in [-0.4, -0.2) is 20.4 Å². The largest absolute Gasteiger partial charge is 0.460 e. The van der Waals surface area contributed by atoms with Gasteiger partial charge in [0.25, 0.3) is 0 Å². The lowest BCUT2D eigenvalue weighted by Crippen LogP contribution is -2.40. The van der Waals surface area contributed by atoms with Crippen molar-refractivity contribution < 1.29 is 22.4 Å². The maximum atomic E-state index is 13.2. The summed E-state index contributed by atoms with van der Waals surface area (Å²) < 4.78 is 39.5. The SMILES string of the molecule is Cc1cc(C)c(C)c(S(=O)(=O)N[C@@H](C)C(=O)OCc2cc(=O)oc3ccc4ccccc4c23)c1C. The monoisotopic (exact) mass is 493 g/mol. The Hall–Kier alpha value is -3.49.